The van der Waals surface area contributed by atoms with Crippen LogP contribution in [-0.4, -0.2) is 34.4 Å². The number of carbonyl (C=O) groups excluding carboxylic acids is 1. The summed E-state index contributed by atoms with van der Waals surface area (Å²) in [5, 5.41) is 0. The topological polar surface area (TPSA) is 44.8 Å². The van der Waals surface area contributed by atoms with Gasteiger partial charge in [0, 0.05) is 19.3 Å². The van der Waals surface area contributed by atoms with Crippen LogP contribution >= 0.6 is 0 Å². The Morgan fingerprint density at radius 1 is 1.12 bits per heavy atom. The maximum absolute atomic E-state index is 11.5. The molecule has 1 unspecified atom stereocenters. The van der Waals surface area contributed by atoms with Crippen molar-refractivity contribution in [2.24, 2.45) is 5.92 Å². The second-order valence-corrected chi connectivity index (χ2v) is 7.11. The van der Waals surface area contributed by atoms with Crippen molar-refractivity contribution < 1.29 is 18.4 Å². The molecule has 4 nitrogen and oxygen atoms in total. The Labute approximate surface area is 99.5 Å². The van der Waals surface area contributed by atoms with E-state index < -0.39 is 8.56 Å². The average molecular weight is 248 g/mol. The summed E-state index contributed by atoms with van der Waals surface area (Å²) in [4.78, 5) is 11.5. The van der Waals surface area contributed by atoms with Gasteiger partial charge in [0.25, 0.3) is 0 Å². The third-order valence-corrected chi connectivity index (χ3v) is 5.42. The Balaban J connectivity index is 4.32. The predicted molar refractivity (Wildman–Crippen MR) is 65.5 cm³/mol. The lowest BCUT2D eigenvalue weighted by Crippen LogP contribution is -2.41. The van der Waals surface area contributed by atoms with Gasteiger partial charge in [0.2, 0.25) is 0 Å². The molecule has 0 heterocycles. The number of ether oxygens (including phenoxy) is 1. The highest BCUT2D eigenvalue weighted by molar-refractivity contribution is 6.66. The van der Waals surface area contributed by atoms with Crippen LogP contribution in [0.2, 0.25) is 12.6 Å². The molecule has 0 aromatic carbocycles. The quantitative estimate of drug-likeness (QED) is 0.488. The van der Waals surface area contributed by atoms with E-state index >= 15 is 0 Å². The van der Waals surface area contributed by atoms with Crippen molar-refractivity contribution in [2.45, 2.75) is 40.3 Å². The lowest BCUT2D eigenvalue weighted by molar-refractivity contribution is -0.146. The van der Waals surface area contributed by atoms with Gasteiger partial charge in [-0.2, -0.15) is 0 Å². The van der Waals surface area contributed by atoms with Gasteiger partial charge >= 0.3 is 14.5 Å². The summed E-state index contributed by atoms with van der Waals surface area (Å²) in [5.41, 5.74) is 0. The van der Waals surface area contributed by atoms with E-state index in [2.05, 4.69) is 0 Å². The second-order valence-electron chi connectivity index (χ2n) is 3.86. The lowest BCUT2D eigenvalue weighted by Gasteiger charge is -2.27. The van der Waals surface area contributed by atoms with Crippen molar-refractivity contribution in [3.8, 4) is 0 Å². The SMILES string of the molecule is CCOC(=O)C(C)C[Si](C)(OCC)OCC. The van der Waals surface area contributed by atoms with E-state index in [0.29, 0.717) is 25.9 Å². The fourth-order valence-corrected chi connectivity index (χ4v) is 4.51. The van der Waals surface area contributed by atoms with Gasteiger partial charge < -0.3 is 13.6 Å². The first-order valence-electron chi connectivity index (χ1n) is 5.93. The Hall–Kier alpha value is -0.393. The molecule has 0 N–H and O–H groups in total. The zero-order valence-electron chi connectivity index (χ0n) is 11.0. The highest BCUT2D eigenvalue weighted by atomic mass is 28.4. The summed E-state index contributed by atoms with van der Waals surface area (Å²) >= 11 is 0. The van der Waals surface area contributed by atoms with Crippen LogP contribution in [0.15, 0.2) is 0 Å². The standard InChI is InChI=1S/C11H24O4Si/c1-6-13-11(12)10(4)9-16(5,14-7-2)15-8-3/h10H,6-9H2,1-5H3. The number of hydrogen-bond acceptors (Lipinski definition) is 4. The van der Waals surface area contributed by atoms with E-state index in [4.69, 9.17) is 13.6 Å². The van der Waals surface area contributed by atoms with Gasteiger partial charge in [-0.25, -0.2) is 0 Å². The summed E-state index contributed by atoms with van der Waals surface area (Å²) in [6, 6.07) is 0.646. The van der Waals surface area contributed by atoms with Gasteiger partial charge in [-0.3, -0.25) is 4.79 Å². The monoisotopic (exact) mass is 248 g/mol. The molecule has 0 fully saturated rings. The van der Waals surface area contributed by atoms with Crippen molar-refractivity contribution in [2.75, 3.05) is 19.8 Å². The smallest absolute Gasteiger partial charge is 0.335 e. The molecule has 0 amide bonds. The van der Waals surface area contributed by atoms with Gasteiger partial charge in [0.15, 0.2) is 0 Å². The highest BCUT2D eigenvalue weighted by Crippen LogP contribution is 2.20. The molecule has 0 bridgehead atoms. The Bertz CT molecular complexity index is 202. The first kappa shape index (κ1) is 15.6. The van der Waals surface area contributed by atoms with E-state index in [9.17, 15) is 4.79 Å². The van der Waals surface area contributed by atoms with Crippen molar-refractivity contribution in [1.82, 2.24) is 0 Å². The van der Waals surface area contributed by atoms with E-state index in [1.54, 1.807) is 0 Å². The molecule has 0 saturated heterocycles. The molecule has 0 aliphatic carbocycles. The van der Waals surface area contributed by atoms with Crippen LogP contribution < -0.4 is 0 Å². The lowest BCUT2D eigenvalue weighted by atomic mass is 10.2. The zero-order valence-corrected chi connectivity index (χ0v) is 12.0. The molecule has 16 heavy (non-hydrogen) atoms. The average Bonchev–Trinajstić information content (AvgIpc) is 2.18. The Morgan fingerprint density at radius 3 is 2.00 bits per heavy atom. The fourth-order valence-electron chi connectivity index (χ4n) is 1.69. The Morgan fingerprint density at radius 2 is 1.62 bits per heavy atom. The van der Waals surface area contributed by atoms with Gasteiger partial charge in [0.05, 0.1) is 12.5 Å². The number of hydrogen-bond donors (Lipinski definition) is 0. The normalized spacial score (nSPS) is 13.6. The predicted octanol–water partition coefficient (Wildman–Crippen LogP) is 2.33. The van der Waals surface area contributed by atoms with Crippen LogP contribution in [0.1, 0.15) is 27.7 Å². The summed E-state index contributed by atoms with van der Waals surface area (Å²) in [7, 11) is -2.21. The molecule has 0 aromatic rings. The molecule has 96 valence electrons. The minimum atomic E-state index is -2.21. The van der Waals surface area contributed by atoms with Crippen LogP contribution in [-0.2, 0) is 18.4 Å². The van der Waals surface area contributed by atoms with Crippen molar-refractivity contribution in [1.29, 1.82) is 0 Å². The summed E-state index contributed by atoms with van der Waals surface area (Å²) < 4.78 is 16.3. The molecule has 0 spiro atoms. The van der Waals surface area contributed by atoms with E-state index in [0.717, 1.165) is 0 Å². The molecule has 0 aromatic heterocycles. The molecule has 5 heteroatoms. The molecule has 0 aliphatic rings. The third kappa shape index (κ3) is 5.63. The first-order valence-corrected chi connectivity index (χ1v) is 8.46. The molecule has 1 atom stereocenters. The summed E-state index contributed by atoms with van der Waals surface area (Å²) in [6.45, 7) is 11.2. The minimum Gasteiger partial charge on any atom is -0.466 e. The maximum Gasteiger partial charge on any atom is 0.335 e. The van der Waals surface area contributed by atoms with E-state index in [-0.39, 0.29) is 11.9 Å². The van der Waals surface area contributed by atoms with Crippen LogP contribution in [0.5, 0.6) is 0 Å². The number of esters is 1. The first-order chi connectivity index (χ1) is 7.49. The van der Waals surface area contributed by atoms with E-state index in [1.807, 2.05) is 34.2 Å². The molecule has 0 aliphatic heterocycles. The summed E-state index contributed by atoms with van der Waals surface area (Å²) in [5.74, 6) is -0.324. The van der Waals surface area contributed by atoms with Crippen LogP contribution in [0.25, 0.3) is 0 Å². The van der Waals surface area contributed by atoms with Crippen molar-refractivity contribution >= 4 is 14.5 Å². The third-order valence-electron chi connectivity index (χ3n) is 2.27. The highest BCUT2D eigenvalue weighted by Gasteiger charge is 2.35. The van der Waals surface area contributed by atoms with Crippen molar-refractivity contribution in [3.63, 3.8) is 0 Å². The molecule has 0 radical (unpaired) electrons. The maximum atomic E-state index is 11.5. The van der Waals surface area contributed by atoms with Gasteiger partial charge in [-0.05, 0) is 27.3 Å². The second kappa shape index (κ2) is 7.81. The van der Waals surface area contributed by atoms with Crippen molar-refractivity contribution in [3.05, 3.63) is 0 Å². The van der Waals surface area contributed by atoms with E-state index in [1.165, 1.54) is 0 Å². The number of rotatable bonds is 8. The Kier molecular flexibility index (Phi) is 7.62. The largest absolute Gasteiger partial charge is 0.466 e. The molecule has 0 rings (SSSR count). The van der Waals surface area contributed by atoms with Gasteiger partial charge in [0.1, 0.15) is 0 Å². The zero-order chi connectivity index (χ0) is 12.6. The van der Waals surface area contributed by atoms with Crippen LogP contribution in [0.4, 0.5) is 0 Å². The number of carbonyl (C=O) groups is 1. The van der Waals surface area contributed by atoms with Crippen LogP contribution in [0.3, 0.4) is 0 Å². The molecular weight excluding hydrogens is 224 g/mol. The molecular formula is C11H24O4Si. The van der Waals surface area contributed by atoms with Gasteiger partial charge in [-0.1, -0.05) is 6.92 Å². The fraction of sp³-hybridized carbons (Fsp3) is 0.909. The van der Waals surface area contributed by atoms with Gasteiger partial charge in [-0.15, -0.1) is 0 Å². The summed E-state index contributed by atoms with van der Waals surface area (Å²) in [6.07, 6.45) is 0. The van der Waals surface area contributed by atoms with Crippen LogP contribution in [0, 0.1) is 5.92 Å². The molecule has 0 saturated carbocycles. The minimum absolute atomic E-state index is 0.158.